The number of hydrogen-bond donors (Lipinski definition) is 0. The van der Waals surface area contributed by atoms with Crippen molar-refractivity contribution in [1.29, 1.82) is 0 Å². The molecule has 2 aromatic carbocycles. The van der Waals surface area contributed by atoms with Crippen molar-refractivity contribution < 1.29 is 9.53 Å². The van der Waals surface area contributed by atoms with E-state index in [2.05, 4.69) is 5.10 Å². The van der Waals surface area contributed by atoms with Gasteiger partial charge in [-0.15, -0.1) is 0 Å². The number of benzene rings is 2. The van der Waals surface area contributed by atoms with Crippen LogP contribution in [0.5, 0.6) is 5.75 Å². The zero-order chi connectivity index (χ0) is 17.2. The van der Waals surface area contributed by atoms with Gasteiger partial charge in [0.05, 0.1) is 5.69 Å². The van der Waals surface area contributed by atoms with Crippen LogP contribution < -0.4 is 4.74 Å². The zero-order valence-corrected chi connectivity index (χ0v) is 14.0. The minimum absolute atomic E-state index is 0.00681. The number of likely N-dealkylation sites (N-methyl/N-ethyl adjacent to an activating group) is 1. The molecule has 1 amide bonds. The third-order valence-electron chi connectivity index (χ3n) is 4.42. The lowest BCUT2D eigenvalue weighted by Crippen LogP contribution is -2.38. The van der Waals surface area contributed by atoms with E-state index < -0.39 is 6.10 Å². The molecule has 1 aromatic heterocycles. The Kier molecular flexibility index (Phi) is 3.98. The smallest absolute Gasteiger partial charge is 0.264 e. The first-order chi connectivity index (χ1) is 12.2. The number of rotatable bonds is 4. The number of para-hydroxylation sites is 1. The van der Waals surface area contributed by atoms with Gasteiger partial charge in [0.1, 0.15) is 5.75 Å². The Morgan fingerprint density at radius 2 is 2.00 bits per heavy atom. The lowest BCUT2D eigenvalue weighted by molar-refractivity contribution is -0.137. The quantitative estimate of drug-likeness (QED) is 0.738. The summed E-state index contributed by atoms with van der Waals surface area (Å²) in [6.07, 6.45) is 3.86. The van der Waals surface area contributed by atoms with Gasteiger partial charge < -0.3 is 9.64 Å². The number of ether oxygens (including phenoxy) is 1. The second-order valence-electron chi connectivity index (χ2n) is 6.23. The van der Waals surface area contributed by atoms with Crippen molar-refractivity contribution in [2.75, 3.05) is 7.05 Å². The van der Waals surface area contributed by atoms with Gasteiger partial charge in [-0.3, -0.25) is 4.79 Å². The van der Waals surface area contributed by atoms with Crippen LogP contribution in [0.4, 0.5) is 0 Å². The first-order valence-electron chi connectivity index (χ1n) is 8.29. The van der Waals surface area contributed by atoms with Gasteiger partial charge in [-0.05, 0) is 35.4 Å². The minimum Gasteiger partial charge on any atom is -0.480 e. The molecular weight excluding hydrogens is 314 g/mol. The van der Waals surface area contributed by atoms with E-state index in [9.17, 15) is 4.79 Å². The van der Waals surface area contributed by atoms with E-state index in [1.165, 1.54) is 0 Å². The van der Waals surface area contributed by atoms with Crippen LogP contribution in [0.15, 0.2) is 67.0 Å². The Balaban J connectivity index is 1.40. The van der Waals surface area contributed by atoms with Crippen LogP contribution in [0.2, 0.25) is 0 Å². The first kappa shape index (κ1) is 15.4. The molecule has 5 nitrogen and oxygen atoms in total. The maximum absolute atomic E-state index is 12.7. The topological polar surface area (TPSA) is 47.4 Å². The zero-order valence-electron chi connectivity index (χ0n) is 14.0. The molecule has 126 valence electrons. The van der Waals surface area contributed by atoms with Crippen molar-refractivity contribution in [2.24, 2.45) is 0 Å². The maximum Gasteiger partial charge on any atom is 0.264 e. The summed E-state index contributed by atoms with van der Waals surface area (Å²) in [4.78, 5) is 14.4. The summed E-state index contributed by atoms with van der Waals surface area (Å²) < 4.78 is 7.60. The van der Waals surface area contributed by atoms with Crippen LogP contribution in [-0.4, -0.2) is 33.7 Å². The predicted molar refractivity (Wildman–Crippen MR) is 94.6 cm³/mol. The van der Waals surface area contributed by atoms with Gasteiger partial charge in [-0.1, -0.05) is 30.3 Å². The number of hydrogen-bond acceptors (Lipinski definition) is 3. The summed E-state index contributed by atoms with van der Waals surface area (Å²) in [7, 11) is 1.82. The fourth-order valence-electron chi connectivity index (χ4n) is 3.09. The molecule has 5 heteroatoms. The normalized spacial score (nSPS) is 15.5. The number of amides is 1. The molecule has 0 saturated heterocycles. The second kappa shape index (κ2) is 6.43. The Hall–Kier alpha value is -3.08. The molecule has 1 aliphatic rings. The average molecular weight is 333 g/mol. The second-order valence-corrected chi connectivity index (χ2v) is 6.23. The first-order valence-corrected chi connectivity index (χ1v) is 8.29. The fourth-order valence-corrected chi connectivity index (χ4v) is 3.09. The van der Waals surface area contributed by atoms with E-state index in [1.54, 1.807) is 11.1 Å². The molecule has 25 heavy (non-hydrogen) atoms. The molecule has 0 unspecified atom stereocenters. The highest BCUT2D eigenvalue weighted by atomic mass is 16.5. The highest BCUT2D eigenvalue weighted by molar-refractivity contribution is 5.82. The maximum atomic E-state index is 12.7. The average Bonchev–Trinajstić information content (AvgIpc) is 3.31. The third-order valence-corrected chi connectivity index (χ3v) is 4.42. The van der Waals surface area contributed by atoms with E-state index in [0.717, 1.165) is 22.6 Å². The van der Waals surface area contributed by atoms with Crippen LogP contribution in [0.1, 0.15) is 11.1 Å². The molecule has 0 spiro atoms. The summed E-state index contributed by atoms with van der Waals surface area (Å²) in [5.41, 5.74) is 3.16. The molecule has 0 N–H and O–H groups in total. The number of carbonyl (C=O) groups excluding carboxylic acids is 1. The van der Waals surface area contributed by atoms with Crippen molar-refractivity contribution in [3.8, 4) is 11.4 Å². The molecular formula is C20H19N3O2. The van der Waals surface area contributed by atoms with Gasteiger partial charge in [0.15, 0.2) is 6.10 Å². The molecule has 0 fully saturated rings. The summed E-state index contributed by atoms with van der Waals surface area (Å²) in [5.74, 6) is 0.824. The highest BCUT2D eigenvalue weighted by Gasteiger charge is 2.30. The predicted octanol–water partition coefficient (Wildman–Crippen LogP) is 2.83. The van der Waals surface area contributed by atoms with Crippen molar-refractivity contribution in [1.82, 2.24) is 14.7 Å². The number of nitrogens with zero attached hydrogens (tertiary/aromatic N) is 3. The Bertz CT molecular complexity index is 847. The van der Waals surface area contributed by atoms with Crippen LogP contribution in [0, 0.1) is 0 Å². The Morgan fingerprint density at radius 1 is 1.20 bits per heavy atom. The summed E-state index contributed by atoms with van der Waals surface area (Å²) in [5, 5.41) is 4.21. The molecule has 2 heterocycles. The molecule has 0 radical (unpaired) electrons. The molecule has 0 aliphatic carbocycles. The molecule has 0 bridgehead atoms. The van der Waals surface area contributed by atoms with Gasteiger partial charge in [0, 0.05) is 32.4 Å². The molecule has 3 aromatic rings. The minimum atomic E-state index is -0.425. The van der Waals surface area contributed by atoms with E-state index in [4.69, 9.17) is 4.74 Å². The largest absolute Gasteiger partial charge is 0.480 e. The van der Waals surface area contributed by atoms with E-state index >= 15 is 0 Å². The van der Waals surface area contributed by atoms with Gasteiger partial charge in [0.25, 0.3) is 5.91 Å². The lowest BCUT2D eigenvalue weighted by Gasteiger charge is -2.21. The summed E-state index contributed by atoms with van der Waals surface area (Å²) in [6.45, 7) is 0.550. The van der Waals surface area contributed by atoms with Crippen LogP contribution >= 0.6 is 0 Å². The standard InChI is InChI=1S/C20H19N3O2/c1-22(20(24)19-13-16-5-2-3-6-18(16)25-19)14-15-7-9-17(10-8-15)23-12-4-11-21-23/h2-12,19H,13-14H2,1H3/t19-/m1/s1. The van der Waals surface area contributed by atoms with Crippen molar-refractivity contribution in [3.63, 3.8) is 0 Å². The monoisotopic (exact) mass is 333 g/mol. The summed E-state index contributed by atoms with van der Waals surface area (Å²) in [6, 6.07) is 17.8. The van der Waals surface area contributed by atoms with Gasteiger partial charge in [-0.25, -0.2) is 4.68 Å². The van der Waals surface area contributed by atoms with Gasteiger partial charge in [0.2, 0.25) is 0 Å². The number of fused-ring (bicyclic) bond motifs is 1. The van der Waals surface area contributed by atoms with Crippen molar-refractivity contribution in [3.05, 3.63) is 78.1 Å². The van der Waals surface area contributed by atoms with Crippen LogP contribution in [-0.2, 0) is 17.8 Å². The molecule has 4 rings (SSSR count). The van der Waals surface area contributed by atoms with Gasteiger partial charge in [-0.2, -0.15) is 5.10 Å². The highest BCUT2D eigenvalue weighted by Crippen LogP contribution is 2.29. The van der Waals surface area contributed by atoms with E-state index in [1.807, 2.05) is 72.5 Å². The van der Waals surface area contributed by atoms with Crippen LogP contribution in [0.3, 0.4) is 0 Å². The number of aromatic nitrogens is 2. The molecule has 0 saturated carbocycles. The van der Waals surface area contributed by atoms with E-state index in [0.29, 0.717) is 13.0 Å². The third kappa shape index (κ3) is 3.13. The van der Waals surface area contributed by atoms with Crippen molar-refractivity contribution >= 4 is 5.91 Å². The SMILES string of the molecule is CN(Cc1ccc(-n2cccn2)cc1)C(=O)[C@H]1Cc2ccccc2O1. The Morgan fingerprint density at radius 3 is 2.72 bits per heavy atom. The van der Waals surface area contributed by atoms with Crippen molar-refractivity contribution in [2.45, 2.75) is 19.1 Å². The Labute approximate surface area is 146 Å². The molecule has 1 atom stereocenters. The van der Waals surface area contributed by atoms with Gasteiger partial charge >= 0.3 is 0 Å². The lowest BCUT2D eigenvalue weighted by atomic mass is 10.1. The summed E-state index contributed by atoms with van der Waals surface area (Å²) >= 11 is 0. The van der Waals surface area contributed by atoms with Crippen LogP contribution in [0.25, 0.3) is 5.69 Å². The number of carbonyl (C=O) groups is 1. The van der Waals surface area contributed by atoms with E-state index in [-0.39, 0.29) is 5.91 Å². The molecule has 1 aliphatic heterocycles. The fraction of sp³-hybridized carbons (Fsp3) is 0.200.